The first kappa shape index (κ1) is 17.7. The summed E-state index contributed by atoms with van der Waals surface area (Å²) in [6, 6.07) is 15.0. The number of amides is 1. The minimum Gasteiger partial charge on any atom is -0.379 e. The van der Waals surface area contributed by atoms with Gasteiger partial charge in [0.1, 0.15) is 0 Å². The average Bonchev–Trinajstić information content (AvgIpc) is 2.95. The summed E-state index contributed by atoms with van der Waals surface area (Å²) in [5.74, 6) is 0.786. The van der Waals surface area contributed by atoms with Crippen LogP contribution in [0.25, 0.3) is 0 Å². The smallest absolute Gasteiger partial charge is 0.264 e. The Labute approximate surface area is 159 Å². The molecule has 26 heavy (non-hydrogen) atoms. The Morgan fingerprint density at radius 3 is 2.77 bits per heavy atom. The van der Waals surface area contributed by atoms with Crippen LogP contribution in [0.5, 0.6) is 0 Å². The summed E-state index contributed by atoms with van der Waals surface area (Å²) in [5, 5.41) is 0. The molecule has 3 fully saturated rings. The lowest BCUT2D eigenvalue weighted by Gasteiger charge is -2.36. The normalized spacial score (nSPS) is 23.2. The zero-order chi connectivity index (χ0) is 17.9. The fourth-order valence-corrected chi connectivity index (χ4v) is 5.19. The zero-order valence-electron chi connectivity index (χ0n) is 15.3. The maximum Gasteiger partial charge on any atom is 0.264 e. The van der Waals surface area contributed by atoms with E-state index in [9.17, 15) is 4.79 Å². The van der Waals surface area contributed by atoms with Crippen LogP contribution in [-0.4, -0.2) is 48.5 Å². The van der Waals surface area contributed by atoms with Crippen molar-refractivity contribution in [2.75, 3.05) is 26.7 Å². The van der Waals surface area contributed by atoms with Crippen LogP contribution in [0.2, 0.25) is 0 Å². The summed E-state index contributed by atoms with van der Waals surface area (Å²) < 4.78 is 5.19. The van der Waals surface area contributed by atoms with Gasteiger partial charge in [0.15, 0.2) is 0 Å². The van der Waals surface area contributed by atoms with Crippen LogP contribution in [0.3, 0.4) is 0 Å². The van der Waals surface area contributed by atoms with Gasteiger partial charge in [0.05, 0.1) is 11.5 Å². The maximum absolute atomic E-state index is 13.1. The molecule has 4 nitrogen and oxygen atoms in total. The highest BCUT2D eigenvalue weighted by molar-refractivity contribution is 7.14. The molecule has 0 N–H and O–H groups in total. The minimum atomic E-state index is 0.202. The number of carbonyl (C=O) groups excluding carboxylic acids is 1. The lowest BCUT2D eigenvalue weighted by molar-refractivity contribution is 0.0590. The molecule has 138 valence electrons. The first-order chi connectivity index (χ1) is 12.7. The van der Waals surface area contributed by atoms with Crippen LogP contribution >= 0.6 is 11.3 Å². The molecule has 1 amide bonds. The average molecular weight is 371 g/mol. The number of piperidine rings is 1. The van der Waals surface area contributed by atoms with Gasteiger partial charge in [0, 0.05) is 44.2 Å². The number of carbonyl (C=O) groups is 1. The number of hydrogen-bond acceptors (Lipinski definition) is 4. The second-order valence-corrected chi connectivity index (χ2v) is 8.60. The Morgan fingerprint density at radius 1 is 1.12 bits per heavy atom. The van der Waals surface area contributed by atoms with E-state index in [4.69, 9.17) is 4.74 Å². The molecular weight excluding hydrogens is 344 g/mol. The topological polar surface area (TPSA) is 32.8 Å². The van der Waals surface area contributed by atoms with Crippen molar-refractivity contribution in [3.63, 3.8) is 0 Å². The van der Waals surface area contributed by atoms with Crippen molar-refractivity contribution in [2.45, 2.75) is 32.0 Å². The number of rotatable bonds is 5. The summed E-state index contributed by atoms with van der Waals surface area (Å²) in [4.78, 5) is 19.7. The minimum absolute atomic E-state index is 0.202. The predicted octanol–water partition coefficient (Wildman–Crippen LogP) is 3.63. The molecule has 5 rings (SSSR count). The number of nitrogens with zero attached hydrogens (tertiary/aromatic N) is 2. The van der Waals surface area contributed by atoms with Gasteiger partial charge in [0.2, 0.25) is 0 Å². The van der Waals surface area contributed by atoms with Crippen molar-refractivity contribution >= 4 is 17.2 Å². The van der Waals surface area contributed by atoms with E-state index in [2.05, 4.69) is 40.1 Å². The molecule has 0 aliphatic carbocycles. The number of benzene rings is 1. The molecule has 2 bridgehead atoms. The summed E-state index contributed by atoms with van der Waals surface area (Å²) in [6.45, 7) is 4.52. The highest BCUT2D eigenvalue weighted by atomic mass is 32.1. The van der Waals surface area contributed by atoms with E-state index < -0.39 is 0 Å². The number of methoxy groups -OCH3 is 1. The van der Waals surface area contributed by atoms with Crippen molar-refractivity contribution < 1.29 is 9.53 Å². The van der Waals surface area contributed by atoms with E-state index in [-0.39, 0.29) is 5.91 Å². The third kappa shape index (κ3) is 3.85. The Bertz CT molecular complexity index is 745. The third-order valence-corrected chi connectivity index (χ3v) is 6.50. The molecule has 4 heterocycles. The number of hydrogen-bond donors (Lipinski definition) is 0. The molecule has 5 heteroatoms. The Morgan fingerprint density at radius 2 is 1.96 bits per heavy atom. The quantitative estimate of drug-likeness (QED) is 0.806. The first-order valence-electron chi connectivity index (χ1n) is 9.38. The van der Waals surface area contributed by atoms with Crippen LogP contribution in [-0.2, 0) is 17.9 Å². The fraction of sp³-hybridized carbons (Fsp3) is 0.476. The Kier molecular flexibility index (Phi) is 5.38. The molecular formula is C21H26N2O2S. The van der Waals surface area contributed by atoms with Gasteiger partial charge in [-0.1, -0.05) is 30.3 Å². The van der Waals surface area contributed by atoms with Gasteiger partial charge < -0.3 is 9.64 Å². The number of thiophene rings is 1. The van der Waals surface area contributed by atoms with Gasteiger partial charge in [-0.15, -0.1) is 11.3 Å². The van der Waals surface area contributed by atoms with E-state index in [1.807, 2.05) is 12.1 Å². The zero-order valence-corrected chi connectivity index (χ0v) is 16.1. The number of ether oxygens (including phenoxy) is 1. The van der Waals surface area contributed by atoms with Crippen LogP contribution in [0, 0.1) is 5.92 Å². The predicted molar refractivity (Wildman–Crippen MR) is 104 cm³/mol. The summed E-state index contributed by atoms with van der Waals surface area (Å²) in [6.07, 6.45) is 2.36. The molecule has 0 unspecified atom stereocenters. The van der Waals surface area contributed by atoms with Gasteiger partial charge in [-0.25, -0.2) is 0 Å². The monoisotopic (exact) mass is 370 g/mol. The summed E-state index contributed by atoms with van der Waals surface area (Å²) in [5.41, 5.74) is 1.36. The Balaban J connectivity index is 1.46. The molecule has 3 aliphatic rings. The highest BCUT2D eigenvalue weighted by Crippen LogP contribution is 2.31. The SMILES string of the molecule is COCc1ccc(C(=O)N2C[C@H]3CC[C@@H]2CN(Cc2ccccc2)C3)s1. The van der Waals surface area contributed by atoms with Crippen LogP contribution in [0.15, 0.2) is 42.5 Å². The van der Waals surface area contributed by atoms with Crippen LogP contribution < -0.4 is 0 Å². The first-order valence-corrected chi connectivity index (χ1v) is 10.2. The molecule has 0 spiro atoms. The molecule has 1 aromatic carbocycles. The van der Waals surface area contributed by atoms with Crippen molar-refractivity contribution in [3.05, 3.63) is 57.8 Å². The number of fused-ring (bicyclic) bond motifs is 4. The van der Waals surface area contributed by atoms with E-state index in [0.29, 0.717) is 18.6 Å². The van der Waals surface area contributed by atoms with Crippen molar-refractivity contribution in [2.24, 2.45) is 5.92 Å². The van der Waals surface area contributed by atoms with Gasteiger partial charge in [-0.3, -0.25) is 9.69 Å². The van der Waals surface area contributed by atoms with Crippen molar-refractivity contribution in [1.29, 1.82) is 0 Å². The molecule has 2 atom stereocenters. The van der Waals surface area contributed by atoms with Crippen LogP contribution in [0.1, 0.15) is 33.0 Å². The van der Waals surface area contributed by atoms with Gasteiger partial charge in [-0.05, 0) is 36.5 Å². The second-order valence-electron chi connectivity index (χ2n) is 7.43. The van der Waals surface area contributed by atoms with E-state index in [1.165, 1.54) is 12.0 Å². The second kappa shape index (κ2) is 7.91. The van der Waals surface area contributed by atoms with Gasteiger partial charge in [0.25, 0.3) is 5.91 Å². The Hall–Kier alpha value is -1.69. The van der Waals surface area contributed by atoms with Gasteiger partial charge >= 0.3 is 0 Å². The molecule has 0 radical (unpaired) electrons. The third-order valence-electron chi connectivity index (χ3n) is 5.46. The lowest BCUT2D eigenvalue weighted by Crippen LogP contribution is -2.47. The van der Waals surface area contributed by atoms with Crippen LogP contribution in [0.4, 0.5) is 0 Å². The summed E-state index contributed by atoms with van der Waals surface area (Å²) in [7, 11) is 1.69. The highest BCUT2D eigenvalue weighted by Gasteiger charge is 2.37. The fourth-order valence-electron chi connectivity index (χ4n) is 4.25. The van der Waals surface area contributed by atoms with Crippen molar-refractivity contribution in [3.8, 4) is 0 Å². The largest absolute Gasteiger partial charge is 0.379 e. The van der Waals surface area contributed by atoms with Crippen molar-refractivity contribution in [1.82, 2.24) is 9.80 Å². The van der Waals surface area contributed by atoms with Gasteiger partial charge in [-0.2, -0.15) is 0 Å². The molecule has 1 aromatic heterocycles. The molecule has 2 aromatic rings. The molecule has 3 aliphatic heterocycles. The molecule has 3 saturated heterocycles. The maximum atomic E-state index is 13.1. The summed E-state index contributed by atoms with van der Waals surface area (Å²) >= 11 is 1.57. The van der Waals surface area contributed by atoms with E-state index in [0.717, 1.165) is 42.4 Å². The standard InChI is InChI=1S/C21H26N2O2S/c1-25-15-19-9-10-20(26-19)21(24)23-13-17-7-8-18(23)14-22(12-17)11-16-5-3-2-4-6-16/h2-6,9-10,17-18H,7-8,11-15H2,1H3/t17-,18+/m0/s1. The lowest BCUT2D eigenvalue weighted by atomic mass is 9.95. The van der Waals surface area contributed by atoms with E-state index >= 15 is 0 Å². The van der Waals surface area contributed by atoms with E-state index in [1.54, 1.807) is 18.4 Å². The molecule has 0 saturated carbocycles.